The van der Waals surface area contributed by atoms with E-state index in [-0.39, 0.29) is 5.97 Å². The molecule has 0 spiro atoms. The SMILES string of the molecule is O=C1CCOCCO1. The van der Waals surface area contributed by atoms with Gasteiger partial charge in [0.05, 0.1) is 19.6 Å². The van der Waals surface area contributed by atoms with Crippen LogP contribution in [-0.2, 0) is 14.3 Å². The number of carbonyl (C=O) groups is 1. The van der Waals surface area contributed by atoms with Gasteiger partial charge < -0.3 is 9.47 Å². The Morgan fingerprint density at radius 3 is 3.00 bits per heavy atom. The molecule has 0 aromatic rings. The lowest BCUT2D eigenvalue weighted by Crippen LogP contribution is -2.02. The van der Waals surface area contributed by atoms with Crippen LogP contribution >= 0.6 is 0 Å². The largest absolute Gasteiger partial charge is 0.463 e. The van der Waals surface area contributed by atoms with E-state index < -0.39 is 0 Å². The van der Waals surface area contributed by atoms with E-state index in [2.05, 4.69) is 4.74 Å². The van der Waals surface area contributed by atoms with Crippen LogP contribution in [0.1, 0.15) is 6.42 Å². The molecule has 0 atom stereocenters. The molecule has 0 radical (unpaired) electrons. The van der Waals surface area contributed by atoms with E-state index in [4.69, 9.17) is 4.74 Å². The van der Waals surface area contributed by atoms with E-state index in [9.17, 15) is 4.79 Å². The van der Waals surface area contributed by atoms with Crippen LogP contribution in [0.15, 0.2) is 0 Å². The Morgan fingerprint density at radius 1 is 1.25 bits per heavy atom. The molecule has 0 aliphatic carbocycles. The first-order valence-electron chi connectivity index (χ1n) is 2.63. The number of esters is 1. The number of cyclic esters (lactones) is 1. The summed E-state index contributed by atoms with van der Waals surface area (Å²) in [5.41, 5.74) is 0. The minimum Gasteiger partial charge on any atom is -0.463 e. The Kier molecular flexibility index (Phi) is 1.86. The van der Waals surface area contributed by atoms with Crippen molar-refractivity contribution in [2.45, 2.75) is 6.42 Å². The molecule has 0 unspecified atom stereocenters. The van der Waals surface area contributed by atoms with Gasteiger partial charge in [-0.1, -0.05) is 0 Å². The number of rotatable bonds is 0. The van der Waals surface area contributed by atoms with Crippen LogP contribution in [0.2, 0.25) is 0 Å². The Hall–Kier alpha value is -0.570. The summed E-state index contributed by atoms with van der Waals surface area (Å²) in [6.07, 6.45) is 0.403. The van der Waals surface area contributed by atoms with Gasteiger partial charge in [-0.2, -0.15) is 0 Å². The number of ether oxygens (including phenoxy) is 2. The molecule has 1 heterocycles. The molecule has 1 saturated heterocycles. The summed E-state index contributed by atoms with van der Waals surface area (Å²) in [5, 5.41) is 0. The van der Waals surface area contributed by atoms with Crippen molar-refractivity contribution in [2.75, 3.05) is 19.8 Å². The standard InChI is InChI=1S/C5H8O3/c6-5-1-2-7-3-4-8-5/h1-4H2. The molecule has 1 rings (SSSR count). The van der Waals surface area contributed by atoms with Gasteiger partial charge in [0.15, 0.2) is 0 Å². The summed E-state index contributed by atoms with van der Waals surface area (Å²) in [6, 6.07) is 0. The third-order valence-corrected chi connectivity index (χ3v) is 0.941. The molecule has 1 aliphatic heterocycles. The highest BCUT2D eigenvalue weighted by atomic mass is 16.6. The zero-order valence-electron chi connectivity index (χ0n) is 4.55. The Morgan fingerprint density at radius 2 is 2.12 bits per heavy atom. The molecule has 46 valence electrons. The molecule has 1 aliphatic rings. The fourth-order valence-electron chi connectivity index (χ4n) is 0.544. The number of carbonyl (C=O) groups excluding carboxylic acids is 1. The zero-order valence-corrected chi connectivity index (χ0v) is 4.55. The van der Waals surface area contributed by atoms with Gasteiger partial charge in [0.25, 0.3) is 0 Å². The van der Waals surface area contributed by atoms with Crippen LogP contribution < -0.4 is 0 Å². The van der Waals surface area contributed by atoms with Crippen LogP contribution in [0.25, 0.3) is 0 Å². The van der Waals surface area contributed by atoms with Crippen molar-refractivity contribution in [3.8, 4) is 0 Å². The summed E-state index contributed by atoms with van der Waals surface area (Å²) in [7, 11) is 0. The van der Waals surface area contributed by atoms with Crippen molar-refractivity contribution < 1.29 is 14.3 Å². The molecular formula is C5H8O3. The van der Waals surface area contributed by atoms with E-state index >= 15 is 0 Å². The van der Waals surface area contributed by atoms with Gasteiger partial charge in [0, 0.05) is 0 Å². The second-order valence-corrected chi connectivity index (χ2v) is 1.58. The highest BCUT2D eigenvalue weighted by Crippen LogP contribution is 1.92. The average Bonchev–Trinajstić information content (AvgIpc) is 1.94. The fraction of sp³-hybridized carbons (Fsp3) is 0.800. The molecule has 0 amide bonds. The van der Waals surface area contributed by atoms with Crippen molar-refractivity contribution in [1.82, 2.24) is 0 Å². The lowest BCUT2D eigenvalue weighted by Gasteiger charge is -1.93. The van der Waals surface area contributed by atoms with Gasteiger partial charge in [-0.25, -0.2) is 0 Å². The minimum absolute atomic E-state index is 0.150. The average molecular weight is 116 g/mol. The first-order valence-corrected chi connectivity index (χ1v) is 2.63. The summed E-state index contributed by atoms with van der Waals surface area (Å²) in [6.45, 7) is 1.48. The van der Waals surface area contributed by atoms with Gasteiger partial charge in [-0.3, -0.25) is 4.79 Å². The summed E-state index contributed by atoms with van der Waals surface area (Å²) in [4.78, 5) is 10.4. The van der Waals surface area contributed by atoms with Crippen molar-refractivity contribution in [1.29, 1.82) is 0 Å². The van der Waals surface area contributed by atoms with Crippen LogP contribution in [0.3, 0.4) is 0 Å². The molecule has 0 aromatic heterocycles. The molecule has 3 heteroatoms. The quantitative estimate of drug-likeness (QED) is 0.416. The molecule has 0 aromatic carbocycles. The number of hydrogen-bond donors (Lipinski definition) is 0. The van der Waals surface area contributed by atoms with E-state index in [1.807, 2.05) is 0 Å². The van der Waals surface area contributed by atoms with Crippen LogP contribution in [0.4, 0.5) is 0 Å². The topological polar surface area (TPSA) is 35.5 Å². The van der Waals surface area contributed by atoms with Crippen LogP contribution in [0, 0.1) is 0 Å². The predicted molar refractivity (Wildman–Crippen MR) is 26.4 cm³/mol. The maximum absolute atomic E-state index is 10.4. The van der Waals surface area contributed by atoms with Crippen LogP contribution in [0.5, 0.6) is 0 Å². The van der Waals surface area contributed by atoms with E-state index in [1.165, 1.54) is 0 Å². The van der Waals surface area contributed by atoms with Crippen molar-refractivity contribution in [2.24, 2.45) is 0 Å². The molecule has 8 heavy (non-hydrogen) atoms. The zero-order chi connectivity index (χ0) is 5.82. The van der Waals surface area contributed by atoms with Crippen molar-refractivity contribution in [3.05, 3.63) is 0 Å². The first-order chi connectivity index (χ1) is 3.89. The van der Waals surface area contributed by atoms with E-state index in [0.29, 0.717) is 26.2 Å². The first kappa shape index (κ1) is 5.56. The van der Waals surface area contributed by atoms with Crippen molar-refractivity contribution >= 4 is 5.97 Å². The molecule has 0 N–H and O–H groups in total. The smallest absolute Gasteiger partial charge is 0.308 e. The second-order valence-electron chi connectivity index (χ2n) is 1.58. The minimum atomic E-state index is -0.150. The molecule has 1 fully saturated rings. The lowest BCUT2D eigenvalue weighted by atomic mass is 10.5. The maximum Gasteiger partial charge on any atom is 0.308 e. The maximum atomic E-state index is 10.4. The molecule has 0 saturated carbocycles. The van der Waals surface area contributed by atoms with Gasteiger partial charge >= 0.3 is 5.97 Å². The predicted octanol–water partition coefficient (Wildman–Crippen LogP) is -0.0501. The summed E-state index contributed by atoms with van der Waals surface area (Å²) >= 11 is 0. The van der Waals surface area contributed by atoms with E-state index in [1.54, 1.807) is 0 Å². The molecule has 0 bridgehead atoms. The second kappa shape index (κ2) is 2.67. The summed E-state index contributed by atoms with van der Waals surface area (Å²) < 4.78 is 9.56. The summed E-state index contributed by atoms with van der Waals surface area (Å²) in [5.74, 6) is -0.150. The van der Waals surface area contributed by atoms with Gasteiger partial charge in [0.2, 0.25) is 0 Å². The molecule has 3 nitrogen and oxygen atoms in total. The van der Waals surface area contributed by atoms with Gasteiger partial charge in [0.1, 0.15) is 6.61 Å². The fourth-order valence-corrected chi connectivity index (χ4v) is 0.544. The van der Waals surface area contributed by atoms with Gasteiger partial charge in [-0.05, 0) is 0 Å². The molecular weight excluding hydrogens is 108 g/mol. The monoisotopic (exact) mass is 116 g/mol. The third-order valence-electron chi connectivity index (χ3n) is 0.941. The Bertz CT molecular complexity index is 79.7. The Balaban J connectivity index is 2.27. The van der Waals surface area contributed by atoms with Crippen LogP contribution in [-0.4, -0.2) is 25.8 Å². The Labute approximate surface area is 47.6 Å². The number of hydrogen-bond acceptors (Lipinski definition) is 3. The van der Waals surface area contributed by atoms with Crippen molar-refractivity contribution in [3.63, 3.8) is 0 Å². The highest BCUT2D eigenvalue weighted by molar-refractivity contribution is 5.69. The highest BCUT2D eigenvalue weighted by Gasteiger charge is 2.05. The van der Waals surface area contributed by atoms with Gasteiger partial charge in [-0.15, -0.1) is 0 Å². The van der Waals surface area contributed by atoms with E-state index in [0.717, 1.165) is 0 Å². The normalized spacial score (nSPS) is 21.8. The lowest BCUT2D eigenvalue weighted by molar-refractivity contribution is -0.142. The third kappa shape index (κ3) is 1.50.